The third-order valence-corrected chi connectivity index (χ3v) is 10.3. The van der Waals surface area contributed by atoms with E-state index in [0.717, 1.165) is 78.2 Å². The zero-order valence-corrected chi connectivity index (χ0v) is 30.3. The number of benzene rings is 3. The molecule has 3 aromatic carbocycles. The minimum Gasteiger partial charge on any atom is -0.377 e. The van der Waals surface area contributed by atoms with Crippen LogP contribution in [-0.2, 0) is 18.1 Å². The van der Waals surface area contributed by atoms with Crippen molar-refractivity contribution in [2.24, 2.45) is 5.92 Å². The summed E-state index contributed by atoms with van der Waals surface area (Å²) in [6, 6.07) is 23.4. The largest absolute Gasteiger partial charge is 0.377 e. The van der Waals surface area contributed by atoms with Crippen molar-refractivity contribution in [3.8, 4) is 16.8 Å². The summed E-state index contributed by atoms with van der Waals surface area (Å²) < 4.78 is 50.4. The van der Waals surface area contributed by atoms with E-state index in [9.17, 15) is 14.3 Å². The molecule has 4 heterocycles. The van der Waals surface area contributed by atoms with E-state index in [4.69, 9.17) is 0 Å². The fraction of sp³-hybridized carbons (Fsp3) is 0.325. The topological polar surface area (TPSA) is 110 Å². The summed E-state index contributed by atoms with van der Waals surface area (Å²) >= 11 is 0. The van der Waals surface area contributed by atoms with Gasteiger partial charge in [0.05, 0.1) is 24.1 Å². The number of nitrogens with zero attached hydrogens (tertiary/aromatic N) is 9. The molecule has 14 heteroatoms. The Morgan fingerprint density at radius 2 is 1.35 bits per heavy atom. The van der Waals surface area contributed by atoms with Gasteiger partial charge in [-0.15, -0.1) is 0 Å². The molecule has 0 radical (unpaired) electrons. The Labute approximate surface area is 310 Å². The molecule has 7 rings (SSSR count). The first-order valence-corrected chi connectivity index (χ1v) is 18.0. The average Bonchev–Trinajstić information content (AvgIpc) is 3.84. The number of anilines is 2. The molecule has 1 saturated heterocycles. The maximum Gasteiger partial charge on any atom is 0.350 e. The van der Waals surface area contributed by atoms with Gasteiger partial charge in [-0.25, -0.2) is 18.4 Å². The molecule has 54 heavy (non-hydrogen) atoms. The fourth-order valence-electron chi connectivity index (χ4n) is 7.20. The van der Waals surface area contributed by atoms with Gasteiger partial charge in [-0.3, -0.25) is 4.98 Å². The van der Waals surface area contributed by atoms with E-state index in [0.29, 0.717) is 11.5 Å². The zero-order chi connectivity index (χ0) is 38.0. The third kappa shape index (κ3) is 6.89. The summed E-state index contributed by atoms with van der Waals surface area (Å²) in [4.78, 5) is 22.7. The lowest BCUT2D eigenvalue weighted by Crippen LogP contribution is -2.48. The predicted octanol–water partition coefficient (Wildman–Crippen LogP) is 6.44. The Bertz CT molecular complexity index is 2210. The molecule has 11 nitrogen and oxygen atoms in total. The van der Waals surface area contributed by atoms with Crippen LogP contribution in [0.15, 0.2) is 115 Å². The van der Waals surface area contributed by atoms with E-state index < -0.39 is 35.1 Å². The van der Waals surface area contributed by atoms with Gasteiger partial charge in [-0.1, -0.05) is 57.2 Å². The molecule has 0 aliphatic carbocycles. The maximum atomic E-state index is 16.2. The first kappa shape index (κ1) is 36.6. The summed E-state index contributed by atoms with van der Waals surface area (Å²) in [5, 5.41) is 23.6. The average molecular weight is 738 g/mol. The molecule has 0 amide bonds. The highest BCUT2D eigenvalue weighted by Crippen LogP contribution is 2.46. The Kier molecular flexibility index (Phi) is 10.1. The van der Waals surface area contributed by atoms with Gasteiger partial charge in [0.2, 0.25) is 0 Å². The Morgan fingerprint density at radius 1 is 0.778 bits per heavy atom. The second-order valence-electron chi connectivity index (χ2n) is 13.9. The highest BCUT2D eigenvalue weighted by atomic mass is 19.3. The van der Waals surface area contributed by atoms with E-state index in [-0.39, 0.29) is 11.7 Å². The van der Waals surface area contributed by atoms with Gasteiger partial charge in [-0.2, -0.15) is 28.9 Å². The van der Waals surface area contributed by atoms with Crippen LogP contribution in [0.5, 0.6) is 0 Å². The minimum atomic E-state index is -4.01. The molecule has 3 aromatic heterocycles. The van der Waals surface area contributed by atoms with Crippen LogP contribution in [0.1, 0.15) is 44.5 Å². The molecule has 0 bridgehead atoms. The van der Waals surface area contributed by atoms with Crippen LogP contribution in [0.3, 0.4) is 0 Å². The van der Waals surface area contributed by atoms with Crippen LogP contribution >= 0.6 is 0 Å². The summed E-state index contributed by atoms with van der Waals surface area (Å²) in [5.74, 6) is -4.69. The molecule has 1 aliphatic heterocycles. The number of piperazine rings is 1. The van der Waals surface area contributed by atoms with Crippen molar-refractivity contribution in [3.05, 3.63) is 137 Å². The van der Waals surface area contributed by atoms with E-state index >= 15 is 8.78 Å². The van der Waals surface area contributed by atoms with Crippen LogP contribution in [0.4, 0.5) is 24.5 Å². The Balaban J connectivity index is 1.000. The van der Waals surface area contributed by atoms with Gasteiger partial charge in [0.1, 0.15) is 24.4 Å². The van der Waals surface area contributed by atoms with Crippen molar-refractivity contribution in [1.82, 2.24) is 34.3 Å². The lowest BCUT2D eigenvalue weighted by Gasteiger charge is -2.37. The SMILES string of the molecule is CC[C@@H](C(C)C)n1ncn(-c2ccc(N3CCN(c4ccc(-c5ccc(C(F)(F)C(O)(Cn6nccn6)c6ccccc6F)nc5)cc4)CC3)cc2)c1=O. The Hall–Kier alpha value is -5.76. The third-order valence-electron chi connectivity index (χ3n) is 10.3. The molecule has 1 unspecified atom stereocenters. The summed E-state index contributed by atoms with van der Waals surface area (Å²) in [6.07, 6.45) is 6.33. The van der Waals surface area contributed by atoms with Crippen molar-refractivity contribution in [2.45, 2.75) is 51.3 Å². The molecule has 0 spiro atoms. The first-order chi connectivity index (χ1) is 26.0. The lowest BCUT2D eigenvalue weighted by molar-refractivity contribution is -0.208. The lowest BCUT2D eigenvalue weighted by atomic mass is 9.84. The highest BCUT2D eigenvalue weighted by molar-refractivity contribution is 5.66. The van der Waals surface area contributed by atoms with Crippen molar-refractivity contribution < 1.29 is 18.3 Å². The van der Waals surface area contributed by atoms with Crippen LogP contribution < -0.4 is 15.5 Å². The second-order valence-corrected chi connectivity index (χ2v) is 13.9. The molecule has 1 fully saturated rings. The van der Waals surface area contributed by atoms with Gasteiger partial charge < -0.3 is 14.9 Å². The number of aromatic nitrogens is 7. The van der Waals surface area contributed by atoms with Crippen molar-refractivity contribution in [2.75, 3.05) is 36.0 Å². The maximum absolute atomic E-state index is 16.2. The molecular formula is C40H42F3N9O2. The predicted molar refractivity (Wildman–Crippen MR) is 200 cm³/mol. The van der Waals surface area contributed by atoms with Crippen molar-refractivity contribution in [1.29, 1.82) is 0 Å². The smallest absolute Gasteiger partial charge is 0.350 e. The van der Waals surface area contributed by atoms with Crippen molar-refractivity contribution >= 4 is 11.4 Å². The van der Waals surface area contributed by atoms with E-state index in [2.05, 4.69) is 50.9 Å². The molecular weight excluding hydrogens is 695 g/mol. The molecule has 2 atom stereocenters. The monoisotopic (exact) mass is 737 g/mol. The Morgan fingerprint density at radius 3 is 1.91 bits per heavy atom. The highest BCUT2D eigenvalue weighted by Gasteiger charge is 2.58. The molecule has 280 valence electrons. The number of rotatable bonds is 12. The zero-order valence-electron chi connectivity index (χ0n) is 30.3. The van der Waals surface area contributed by atoms with Gasteiger partial charge in [0.15, 0.2) is 5.60 Å². The number of hydrogen-bond acceptors (Lipinski definition) is 8. The molecule has 1 aliphatic rings. The summed E-state index contributed by atoms with van der Waals surface area (Å²) in [5.41, 5.74) is -0.188. The van der Waals surface area contributed by atoms with Crippen LogP contribution in [0, 0.1) is 11.7 Å². The van der Waals surface area contributed by atoms with E-state index in [1.165, 1.54) is 36.8 Å². The normalized spacial score (nSPS) is 15.4. The summed E-state index contributed by atoms with van der Waals surface area (Å²) in [7, 11) is 0. The van der Waals surface area contributed by atoms with Crippen molar-refractivity contribution in [3.63, 3.8) is 0 Å². The number of aliphatic hydroxyl groups is 1. The van der Waals surface area contributed by atoms with Gasteiger partial charge >= 0.3 is 11.6 Å². The number of alkyl halides is 2. The van der Waals surface area contributed by atoms with Crippen LogP contribution in [-0.4, -0.2) is 65.6 Å². The fourth-order valence-corrected chi connectivity index (χ4v) is 7.20. The minimum absolute atomic E-state index is 0.0518. The first-order valence-electron chi connectivity index (χ1n) is 18.0. The standard InChI is InChI=1S/C40H42F3N9O2/c1-4-36(28(2)3)52-38(53)50(27-47-52)33-16-14-32(15-17-33)49-23-21-48(22-24-49)31-12-9-29(10-13-31)30-11-18-37(44-25-30)40(42,43)39(54,26-51-45-19-20-46-51)34-7-5-6-8-35(34)41/h5-20,25,27-28,36,54H,4,21-24,26H2,1-3H3/t36-,39?/m0/s1. The van der Waals surface area contributed by atoms with Gasteiger partial charge in [-0.05, 0) is 66.4 Å². The molecule has 1 N–H and O–H groups in total. The quantitative estimate of drug-likeness (QED) is 0.153. The van der Waals surface area contributed by atoms with Gasteiger partial charge in [0.25, 0.3) is 0 Å². The van der Waals surface area contributed by atoms with Crippen LogP contribution in [0.2, 0.25) is 0 Å². The summed E-state index contributed by atoms with van der Waals surface area (Å²) in [6.45, 7) is 8.67. The van der Waals surface area contributed by atoms with Gasteiger partial charge in [0, 0.05) is 54.9 Å². The molecule has 0 saturated carbocycles. The number of pyridine rings is 1. The van der Waals surface area contributed by atoms with E-state index in [1.54, 1.807) is 15.6 Å². The van der Waals surface area contributed by atoms with Crippen LogP contribution in [0.25, 0.3) is 16.8 Å². The number of hydrogen-bond donors (Lipinski definition) is 1. The van der Waals surface area contributed by atoms with E-state index in [1.807, 2.05) is 48.5 Å². The second kappa shape index (κ2) is 14.9. The number of halogens is 3. The molecule has 6 aromatic rings.